The molecule has 2 rings (SSSR count). The molecule has 0 aliphatic heterocycles. The first-order chi connectivity index (χ1) is 8.56. The summed E-state index contributed by atoms with van der Waals surface area (Å²) in [5.41, 5.74) is 1.08. The van der Waals surface area contributed by atoms with Crippen LogP contribution in [-0.4, -0.2) is 33.3 Å². The Kier molecular flexibility index (Phi) is 3.52. The standard InChI is InChI=1S/C13H18N2O3/c1-9-6-11(10(7-14-9)12(17)18)15-13(8-16)4-2-3-5-13/h6-7,16H,2-5,8H2,1H3,(H,14,15)(H,17,18). The van der Waals surface area contributed by atoms with Crippen molar-refractivity contribution in [1.29, 1.82) is 0 Å². The second-order valence-corrected chi connectivity index (χ2v) is 4.95. The van der Waals surface area contributed by atoms with Crippen LogP contribution in [-0.2, 0) is 0 Å². The Bertz CT molecular complexity index is 454. The smallest absolute Gasteiger partial charge is 0.339 e. The summed E-state index contributed by atoms with van der Waals surface area (Å²) in [4.78, 5) is 15.2. The molecular weight excluding hydrogens is 232 g/mol. The van der Waals surface area contributed by atoms with Crippen LogP contribution in [0, 0.1) is 6.92 Å². The van der Waals surface area contributed by atoms with Crippen LogP contribution < -0.4 is 5.32 Å². The van der Waals surface area contributed by atoms with Crippen molar-refractivity contribution in [3.05, 3.63) is 23.5 Å². The maximum atomic E-state index is 11.2. The topological polar surface area (TPSA) is 82.5 Å². The quantitative estimate of drug-likeness (QED) is 0.759. The van der Waals surface area contributed by atoms with E-state index in [1.807, 2.05) is 6.92 Å². The lowest BCUT2D eigenvalue weighted by molar-refractivity contribution is 0.0697. The number of pyridine rings is 1. The van der Waals surface area contributed by atoms with Gasteiger partial charge in [-0.15, -0.1) is 0 Å². The Morgan fingerprint density at radius 3 is 2.72 bits per heavy atom. The zero-order valence-corrected chi connectivity index (χ0v) is 10.4. The Labute approximate surface area is 106 Å². The molecule has 0 atom stereocenters. The molecule has 18 heavy (non-hydrogen) atoms. The fraction of sp³-hybridized carbons (Fsp3) is 0.538. The molecular formula is C13H18N2O3. The van der Waals surface area contributed by atoms with Crippen LogP contribution in [0.2, 0.25) is 0 Å². The number of anilines is 1. The van der Waals surface area contributed by atoms with Gasteiger partial charge < -0.3 is 15.5 Å². The average Bonchev–Trinajstić information content (AvgIpc) is 2.78. The Hall–Kier alpha value is -1.62. The van der Waals surface area contributed by atoms with E-state index < -0.39 is 5.97 Å². The van der Waals surface area contributed by atoms with Gasteiger partial charge in [-0.3, -0.25) is 4.98 Å². The molecule has 0 amide bonds. The van der Waals surface area contributed by atoms with Crippen molar-refractivity contribution in [3.63, 3.8) is 0 Å². The van der Waals surface area contributed by atoms with Crippen molar-refractivity contribution in [1.82, 2.24) is 4.98 Å². The van der Waals surface area contributed by atoms with Crippen molar-refractivity contribution < 1.29 is 15.0 Å². The number of hydrogen-bond donors (Lipinski definition) is 3. The van der Waals surface area contributed by atoms with Gasteiger partial charge in [-0.05, 0) is 25.8 Å². The van der Waals surface area contributed by atoms with E-state index in [-0.39, 0.29) is 17.7 Å². The number of aromatic carboxylic acids is 1. The van der Waals surface area contributed by atoms with Crippen LogP contribution in [0.25, 0.3) is 0 Å². The van der Waals surface area contributed by atoms with Gasteiger partial charge in [0.2, 0.25) is 0 Å². The highest BCUT2D eigenvalue weighted by atomic mass is 16.4. The van der Waals surface area contributed by atoms with Crippen molar-refractivity contribution in [2.24, 2.45) is 0 Å². The predicted octanol–water partition coefficient (Wildman–Crippen LogP) is 1.81. The van der Waals surface area contributed by atoms with E-state index >= 15 is 0 Å². The van der Waals surface area contributed by atoms with Gasteiger partial charge in [0.15, 0.2) is 0 Å². The van der Waals surface area contributed by atoms with Crippen molar-refractivity contribution >= 4 is 11.7 Å². The third-order valence-corrected chi connectivity index (χ3v) is 3.53. The molecule has 3 N–H and O–H groups in total. The summed E-state index contributed by atoms with van der Waals surface area (Å²) in [6, 6.07) is 1.72. The minimum Gasteiger partial charge on any atom is -0.478 e. The molecule has 98 valence electrons. The lowest BCUT2D eigenvalue weighted by Gasteiger charge is -2.30. The lowest BCUT2D eigenvalue weighted by atomic mass is 9.97. The highest BCUT2D eigenvalue weighted by molar-refractivity contribution is 5.94. The molecule has 0 bridgehead atoms. The van der Waals surface area contributed by atoms with E-state index in [4.69, 9.17) is 5.11 Å². The van der Waals surface area contributed by atoms with Gasteiger partial charge in [-0.2, -0.15) is 0 Å². The average molecular weight is 250 g/mol. The van der Waals surface area contributed by atoms with Gasteiger partial charge in [0.1, 0.15) is 5.56 Å². The van der Waals surface area contributed by atoms with Crippen LogP contribution in [0.15, 0.2) is 12.3 Å². The second-order valence-electron chi connectivity index (χ2n) is 4.95. The Morgan fingerprint density at radius 1 is 1.50 bits per heavy atom. The summed E-state index contributed by atoms with van der Waals surface area (Å²) >= 11 is 0. The number of carboxylic acids is 1. The van der Waals surface area contributed by atoms with Gasteiger partial charge in [-0.25, -0.2) is 4.79 Å². The normalized spacial score (nSPS) is 17.7. The molecule has 1 fully saturated rings. The van der Waals surface area contributed by atoms with Gasteiger partial charge >= 0.3 is 5.97 Å². The molecule has 0 saturated heterocycles. The zero-order chi connectivity index (χ0) is 13.2. The monoisotopic (exact) mass is 250 g/mol. The number of rotatable bonds is 4. The molecule has 1 heterocycles. The summed E-state index contributed by atoms with van der Waals surface area (Å²) < 4.78 is 0. The SMILES string of the molecule is Cc1cc(NC2(CO)CCCC2)c(C(=O)O)cn1. The fourth-order valence-electron chi connectivity index (χ4n) is 2.49. The summed E-state index contributed by atoms with van der Waals surface area (Å²) in [6.07, 6.45) is 5.20. The van der Waals surface area contributed by atoms with Crippen LogP contribution in [0.3, 0.4) is 0 Å². The van der Waals surface area contributed by atoms with Crippen molar-refractivity contribution in [3.8, 4) is 0 Å². The largest absolute Gasteiger partial charge is 0.478 e. The number of hydrogen-bond acceptors (Lipinski definition) is 4. The first kappa shape index (κ1) is 12.8. The number of carbonyl (C=O) groups is 1. The number of aliphatic hydroxyl groups excluding tert-OH is 1. The van der Waals surface area contributed by atoms with E-state index in [1.54, 1.807) is 6.07 Å². The first-order valence-electron chi connectivity index (χ1n) is 6.15. The molecule has 0 unspecified atom stereocenters. The number of aromatic nitrogens is 1. The zero-order valence-electron chi connectivity index (χ0n) is 10.4. The molecule has 1 aromatic rings. The molecule has 1 aromatic heterocycles. The third-order valence-electron chi connectivity index (χ3n) is 3.53. The summed E-state index contributed by atoms with van der Waals surface area (Å²) in [7, 11) is 0. The van der Waals surface area contributed by atoms with Gasteiger partial charge in [-0.1, -0.05) is 12.8 Å². The molecule has 1 aliphatic rings. The highest BCUT2D eigenvalue weighted by Gasteiger charge is 2.34. The summed E-state index contributed by atoms with van der Waals surface area (Å²) in [5, 5.41) is 21.9. The molecule has 0 aromatic carbocycles. The molecule has 1 aliphatic carbocycles. The van der Waals surface area contributed by atoms with E-state index in [1.165, 1.54) is 6.20 Å². The van der Waals surface area contributed by atoms with Crippen LogP contribution >= 0.6 is 0 Å². The molecule has 0 radical (unpaired) electrons. The van der Waals surface area contributed by atoms with Gasteiger partial charge in [0, 0.05) is 11.9 Å². The van der Waals surface area contributed by atoms with E-state index in [0.717, 1.165) is 31.4 Å². The van der Waals surface area contributed by atoms with Gasteiger partial charge in [0.25, 0.3) is 0 Å². The Morgan fingerprint density at radius 2 is 2.17 bits per heavy atom. The number of aliphatic hydroxyl groups is 1. The Balaban J connectivity index is 2.32. The predicted molar refractivity (Wildman–Crippen MR) is 67.8 cm³/mol. The highest BCUT2D eigenvalue weighted by Crippen LogP contribution is 2.33. The third kappa shape index (κ3) is 2.46. The summed E-state index contributed by atoms with van der Waals surface area (Å²) in [5.74, 6) is -1.00. The molecule has 5 nitrogen and oxygen atoms in total. The number of carboxylic acid groups (broad SMARTS) is 1. The maximum Gasteiger partial charge on any atom is 0.339 e. The van der Waals surface area contributed by atoms with Gasteiger partial charge in [0.05, 0.1) is 17.8 Å². The van der Waals surface area contributed by atoms with E-state index in [0.29, 0.717) is 5.69 Å². The van der Waals surface area contributed by atoms with Crippen LogP contribution in [0.4, 0.5) is 5.69 Å². The second kappa shape index (κ2) is 4.94. The fourth-order valence-corrected chi connectivity index (χ4v) is 2.49. The molecule has 1 saturated carbocycles. The number of nitrogens with zero attached hydrogens (tertiary/aromatic N) is 1. The van der Waals surface area contributed by atoms with Crippen molar-refractivity contribution in [2.45, 2.75) is 38.1 Å². The van der Waals surface area contributed by atoms with E-state index in [2.05, 4.69) is 10.3 Å². The maximum absolute atomic E-state index is 11.2. The van der Waals surface area contributed by atoms with E-state index in [9.17, 15) is 9.90 Å². The van der Waals surface area contributed by atoms with Crippen molar-refractivity contribution in [2.75, 3.05) is 11.9 Å². The number of aryl methyl sites for hydroxylation is 1. The first-order valence-corrected chi connectivity index (χ1v) is 6.15. The van der Waals surface area contributed by atoms with Crippen LogP contribution in [0.1, 0.15) is 41.7 Å². The summed E-state index contributed by atoms with van der Waals surface area (Å²) in [6.45, 7) is 1.84. The minimum absolute atomic E-state index is 0.0213. The molecule has 0 spiro atoms. The van der Waals surface area contributed by atoms with Crippen LogP contribution in [0.5, 0.6) is 0 Å². The minimum atomic E-state index is -1.00. The molecule has 5 heteroatoms. The lowest BCUT2D eigenvalue weighted by Crippen LogP contribution is -2.39. The number of nitrogens with one attached hydrogen (secondary N) is 1.